The molecular weight excluding hydrogens is 336 g/mol. The van der Waals surface area contributed by atoms with E-state index in [2.05, 4.69) is 10.6 Å². The van der Waals surface area contributed by atoms with Gasteiger partial charge < -0.3 is 10.6 Å². The monoisotopic (exact) mass is 360 g/mol. The van der Waals surface area contributed by atoms with Gasteiger partial charge in [-0.05, 0) is 49.2 Å². The number of fused-ring (bicyclic) bond motifs is 1. The van der Waals surface area contributed by atoms with Crippen molar-refractivity contribution in [1.29, 1.82) is 0 Å². The highest BCUT2D eigenvalue weighted by atomic mass is 32.2. The second-order valence-corrected chi connectivity index (χ2v) is 9.11. The molecule has 2 aromatic rings. The van der Waals surface area contributed by atoms with Crippen LogP contribution in [0.15, 0.2) is 42.5 Å². The van der Waals surface area contributed by atoms with Gasteiger partial charge in [-0.15, -0.1) is 0 Å². The quantitative estimate of drug-likeness (QED) is 0.876. The van der Waals surface area contributed by atoms with E-state index in [0.717, 1.165) is 16.3 Å². The second kappa shape index (κ2) is 6.77. The standard InChI is InChI=1S/C19H24N2O3S/c1-14(16-9-5-7-15-6-3-4-8-17(15)16)21-18(22)19(25(2,23)24)10-12-20-13-11-19/h3-9,14,20H,10-13H2,1-2H3,(H,21,22). The van der Waals surface area contributed by atoms with Gasteiger partial charge in [-0.2, -0.15) is 0 Å². The lowest BCUT2D eigenvalue weighted by Crippen LogP contribution is -2.57. The molecule has 0 radical (unpaired) electrons. The SMILES string of the molecule is CC(NC(=O)C1(S(C)(=O)=O)CCNCC1)c1cccc2ccccc12. The van der Waals surface area contributed by atoms with Crippen LogP contribution in [0.25, 0.3) is 10.8 Å². The minimum atomic E-state index is -3.51. The first-order chi connectivity index (χ1) is 11.8. The largest absolute Gasteiger partial charge is 0.348 e. The summed E-state index contributed by atoms with van der Waals surface area (Å²) in [5, 5.41) is 8.25. The predicted octanol–water partition coefficient (Wildman–Crippen LogP) is 2.18. The van der Waals surface area contributed by atoms with E-state index in [0.29, 0.717) is 25.9 Å². The van der Waals surface area contributed by atoms with Crippen LogP contribution < -0.4 is 10.6 Å². The first kappa shape index (κ1) is 17.9. The Bertz CT molecular complexity index is 881. The van der Waals surface area contributed by atoms with Crippen molar-refractivity contribution in [2.75, 3.05) is 19.3 Å². The van der Waals surface area contributed by atoms with Crippen LogP contribution in [0, 0.1) is 0 Å². The number of carbonyl (C=O) groups excluding carboxylic acids is 1. The summed E-state index contributed by atoms with van der Waals surface area (Å²) in [6, 6.07) is 13.7. The van der Waals surface area contributed by atoms with Gasteiger partial charge in [0, 0.05) is 6.26 Å². The van der Waals surface area contributed by atoms with Gasteiger partial charge in [0.1, 0.15) is 0 Å². The van der Waals surface area contributed by atoms with E-state index in [4.69, 9.17) is 0 Å². The maximum atomic E-state index is 13.0. The number of sulfone groups is 1. The molecule has 1 fully saturated rings. The van der Waals surface area contributed by atoms with Crippen molar-refractivity contribution in [2.45, 2.75) is 30.6 Å². The van der Waals surface area contributed by atoms with Crippen LogP contribution >= 0.6 is 0 Å². The van der Waals surface area contributed by atoms with Crippen molar-refractivity contribution in [1.82, 2.24) is 10.6 Å². The summed E-state index contributed by atoms with van der Waals surface area (Å²) in [4.78, 5) is 13.0. The number of rotatable bonds is 4. The molecule has 1 atom stereocenters. The summed E-state index contributed by atoms with van der Waals surface area (Å²) < 4.78 is 23.4. The van der Waals surface area contributed by atoms with E-state index in [1.165, 1.54) is 6.26 Å². The number of benzene rings is 2. The molecule has 0 saturated carbocycles. The number of hydrogen-bond donors (Lipinski definition) is 2. The van der Waals surface area contributed by atoms with Gasteiger partial charge in [0.25, 0.3) is 0 Å². The van der Waals surface area contributed by atoms with Crippen molar-refractivity contribution in [3.05, 3.63) is 48.0 Å². The first-order valence-corrected chi connectivity index (χ1v) is 10.4. The molecule has 1 aliphatic rings. The fourth-order valence-electron chi connectivity index (χ4n) is 3.63. The molecule has 2 aromatic carbocycles. The molecule has 1 unspecified atom stereocenters. The van der Waals surface area contributed by atoms with E-state index in [9.17, 15) is 13.2 Å². The Balaban J connectivity index is 1.91. The molecule has 3 rings (SSSR count). The van der Waals surface area contributed by atoms with E-state index < -0.39 is 20.5 Å². The summed E-state index contributed by atoms with van der Waals surface area (Å²) in [5.41, 5.74) is 0.990. The lowest BCUT2D eigenvalue weighted by atomic mass is 9.94. The Morgan fingerprint density at radius 3 is 2.44 bits per heavy atom. The van der Waals surface area contributed by atoms with Crippen LogP contribution in [-0.4, -0.2) is 38.4 Å². The fourth-order valence-corrected chi connectivity index (χ4v) is 4.97. The predicted molar refractivity (Wildman–Crippen MR) is 100 cm³/mol. The van der Waals surface area contributed by atoms with Gasteiger partial charge in [-0.3, -0.25) is 4.79 Å². The highest BCUT2D eigenvalue weighted by Gasteiger charge is 2.48. The number of piperidine rings is 1. The van der Waals surface area contributed by atoms with Crippen molar-refractivity contribution in [2.24, 2.45) is 0 Å². The normalized spacial score (nSPS) is 18.6. The zero-order valence-corrected chi connectivity index (χ0v) is 15.4. The number of hydrogen-bond acceptors (Lipinski definition) is 4. The third-order valence-corrected chi connectivity index (χ3v) is 7.19. The second-order valence-electron chi connectivity index (χ2n) is 6.78. The Labute approximate surface area is 148 Å². The van der Waals surface area contributed by atoms with Gasteiger partial charge >= 0.3 is 0 Å². The minimum absolute atomic E-state index is 0.271. The molecule has 0 aromatic heterocycles. The smallest absolute Gasteiger partial charge is 0.242 e. The third kappa shape index (κ3) is 3.28. The molecule has 1 heterocycles. The van der Waals surface area contributed by atoms with Crippen LogP contribution in [-0.2, 0) is 14.6 Å². The zero-order chi connectivity index (χ0) is 18.1. The lowest BCUT2D eigenvalue weighted by molar-refractivity contribution is -0.125. The van der Waals surface area contributed by atoms with E-state index in [1.807, 2.05) is 49.4 Å². The van der Waals surface area contributed by atoms with Crippen molar-refractivity contribution in [3.8, 4) is 0 Å². The van der Waals surface area contributed by atoms with Crippen molar-refractivity contribution >= 4 is 26.5 Å². The Kier molecular flexibility index (Phi) is 4.84. The van der Waals surface area contributed by atoms with Gasteiger partial charge in [-0.1, -0.05) is 42.5 Å². The summed E-state index contributed by atoms with van der Waals surface area (Å²) in [7, 11) is -3.51. The van der Waals surface area contributed by atoms with Crippen LogP contribution in [0.5, 0.6) is 0 Å². The van der Waals surface area contributed by atoms with Crippen LogP contribution in [0.2, 0.25) is 0 Å². The fraction of sp³-hybridized carbons (Fsp3) is 0.421. The number of amides is 1. The topological polar surface area (TPSA) is 75.3 Å². The average molecular weight is 360 g/mol. The molecule has 25 heavy (non-hydrogen) atoms. The van der Waals surface area contributed by atoms with E-state index >= 15 is 0 Å². The van der Waals surface area contributed by atoms with Gasteiger partial charge in [0.2, 0.25) is 5.91 Å². The van der Waals surface area contributed by atoms with Crippen molar-refractivity contribution in [3.63, 3.8) is 0 Å². The number of carbonyl (C=O) groups is 1. The lowest BCUT2D eigenvalue weighted by Gasteiger charge is -2.35. The highest BCUT2D eigenvalue weighted by Crippen LogP contribution is 2.30. The summed E-state index contributed by atoms with van der Waals surface area (Å²) in [5.74, 6) is -0.392. The molecule has 2 N–H and O–H groups in total. The molecule has 0 bridgehead atoms. The Morgan fingerprint density at radius 1 is 1.12 bits per heavy atom. The summed E-state index contributed by atoms with van der Waals surface area (Å²) >= 11 is 0. The van der Waals surface area contributed by atoms with Gasteiger partial charge in [0.05, 0.1) is 6.04 Å². The van der Waals surface area contributed by atoms with E-state index in [1.54, 1.807) is 0 Å². The minimum Gasteiger partial charge on any atom is -0.348 e. The molecule has 0 aliphatic carbocycles. The van der Waals surface area contributed by atoms with Gasteiger partial charge in [-0.25, -0.2) is 8.42 Å². The summed E-state index contributed by atoms with van der Waals surface area (Å²) in [6.45, 7) is 2.96. The molecule has 1 aliphatic heterocycles. The zero-order valence-electron chi connectivity index (χ0n) is 14.6. The molecule has 1 saturated heterocycles. The van der Waals surface area contributed by atoms with Crippen LogP contribution in [0.4, 0.5) is 0 Å². The van der Waals surface area contributed by atoms with Gasteiger partial charge in [0.15, 0.2) is 14.6 Å². The molecule has 6 heteroatoms. The molecule has 134 valence electrons. The van der Waals surface area contributed by atoms with Crippen LogP contribution in [0.3, 0.4) is 0 Å². The Hall–Kier alpha value is -1.92. The molecule has 0 spiro atoms. The van der Waals surface area contributed by atoms with Crippen LogP contribution in [0.1, 0.15) is 31.4 Å². The Morgan fingerprint density at radius 2 is 1.76 bits per heavy atom. The third-order valence-electron chi connectivity index (χ3n) is 5.17. The molecule has 5 nitrogen and oxygen atoms in total. The molecular formula is C19H24N2O3S. The molecule has 1 amide bonds. The maximum Gasteiger partial charge on any atom is 0.242 e. The van der Waals surface area contributed by atoms with E-state index in [-0.39, 0.29) is 6.04 Å². The first-order valence-electron chi connectivity index (χ1n) is 8.54. The average Bonchev–Trinajstić information content (AvgIpc) is 2.60. The summed E-state index contributed by atoms with van der Waals surface area (Å²) in [6.07, 6.45) is 1.78. The van der Waals surface area contributed by atoms with Crippen molar-refractivity contribution < 1.29 is 13.2 Å². The highest BCUT2D eigenvalue weighted by molar-refractivity contribution is 7.92. The number of nitrogens with one attached hydrogen (secondary N) is 2. The maximum absolute atomic E-state index is 13.0.